The van der Waals surface area contributed by atoms with Crippen LogP contribution in [0.2, 0.25) is 0 Å². The molecule has 1 aliphatic rings. The van der Waals surface area contributed by atoms with Crippen molar-refractivity contribution in [2.24, 2.45) is 5.92 Å². The normalized spacial score (nSPS) is 27.2. The quantitative estimate of drug-likeness (QED) is 0.642. The van der Waals surface area contributed by atoms with Crippen LogP contribution in [-0.4, -0.2) is 44.7 Å². The Morgan fingerprint density at radius 2 is 1.96 bits per heavy atom. The van der Waals surface area contributed by atoms with E-state index in [9.17, 15) is 19.8 Å². The van der Waals surface area contributed by atoms with E-state index in [0.29, 0.717) is 12.0 Å². The zero-order valence-corrected chi connectivity index (χ0v) is 16.0. The molecule has 1 aromatic carbocycles. The van der Waals surface area contributed by atoms with Crippen LogP contribution in [0.4, 0.5) is 0 Å². The highest BCUT2D eigenvalue weighted by Crippen LogP contribution is 2.44. The Morgan fingerprint density at radius 1 is 1.25 bits per heavy atom. The summed E-state index contributed by atoms with van der Waals surface area (Å²) < 4.78 is 13.5. The van der Waals surface area contributed by atoms with Gasteiger partial charge in [0.1, 0.15) is 11.8 Å². The number of nitrogens with zero attached hydrogens (tertiary/aromatic N) is 1. The Morgan fingerprint density at radius 3 is 2.57 bits per heavy atom. The van der Waals surface area contributed by atoms with Crippen molar-refractivity contribution in [2.75, 3.05) is 13.2 Å². The summed E-state index contributed by atoms with van der Waals surface area (Å²) in [4.78, 5) is 26.3. The number of rotatable bonds is 7. The molecule has 0 bridgehead atoms. The van der Waals surface area contributed by atoms with Crippen LogP contribution in [0.1, 0.15) is 30.7 Å². The second-order valence-electron chi connectivity index (χ2n) is 7.13. The van der Waals surface area contributed by atoms with E-state index in [4.69, 9.17) is 9.47 Å². The van der Waals surface area contributed by atoms with Gasteiger partial charge in [0.15, 0.2) is 0 Å². The van der Waals surface area contributed by atoms with E-state index in [1.165, 1.54) is 10.8 Å². The van der Waals surface area contributed by atoms with Crippen LogP contribution < -0.4 is 11.2 Å². The molecule has 8 nitrogen and oxygen atoms in total. The lowest BCUT2D eigenvalue weighted by molar-refractivity contribution is -0.145. The molecule has 1 aliphatic heterocycles. The molecule has 3 unspecified atom stereocenters. The Hall–Kier alpha value is -2.26. The van der Waals surface area contributed by atoms with Crippen LogP contribution in [0.15, 0.2) is 46.1 Å². The maximum Gasteiger partial charge on any atom is 0.330 e. The third-order valence-electron chi connectivity index (χ3n) is 5.40. The fourth-order valence-electron chi connectivity index (χ4n) is 3.72. The molecule has 2 heterocycles. The summed E-state index contributed by atoms with van der Waals surface area (Å²) in [5, 5.41) is 20.2. The molecular formula is C20H26N2O6. The number of aliphatic hydroxyl groups is 2. The van der Waals surface area contributed by atoms with Gasteiger partial charge < -0.3 is 19.7 Å². The summed E-state index contributed by atoms with van der Waals surface area (Å²) in [5.74, 6) is -0.598. The van der Waals surface area contributed by atoms with Crippen molar-refractivity contribution < 1.29 is 19.7 Å². The van der Waals surface area contributed by atoms with E-state index in [1.807, 2.05) is 37.3 Å². The second-order valence-corrected chi connectivity index (χ2v) is 7.13. The van der Waals surface area contributed by atoms with Crippen molar-refractivity contribution in [1.82, 2.24) is 9.55 Å². The zero-order chi connectivity index (χ0) is 20.3. The fourth-order valence-corrected chi connectivity index (χ4v) is 3.72. The van der Waals surface area contributed by atoms with Crippen LogP contribution in [-0.2, 0) is 16.1 Å². The zero-order valence-electron chi connectivity index (χ0n) is 16.0. The minimum atomic E-state index is -1.07. The number of H-pyrrole nitrogens is 1. The number of aliphatic hydroxyl groups excluding tert-OH is 2. The standard InChI is InChI=1S/C20H26N2O6/c1-3-20(12-24)16(27-11-14-7-5-4-6-8-14)15(10-23)18(28-20)22-9-13(2)17(25)21-19(22)26/h4-9,15-16,18,23-24H,3,10-12H2,1-2H3,(H,21,25,26)/t15?,16?,18-,20?/m1/s1. The van der Waals surface area contributed by atoms with E-state index in [1.54, 1.807) is 6.92 Å². The molecule has 3 rings (SSSR count). The van der Waals surface area contributed by atoms with Gasteiger partial charge in [-0.1, -0.05) is 37.3 Å². The lowest BCUT2D eigenvalue weighted by Gasteiger charge is -2.32. The molecule has 28 heavy (non-hydrogen) atoms. The molecule has 2 aromatic rings. The molecule has 1 saturated heterocycles. The molecule has 0 amide bonds. The average molecular weight is 390 g/mol. The lowest BCUT2D eigenvalue weighted by atomic mass is 9.88. The monoisotopic (exact) mass is 390 g/mol. The molecule has 0 radical (unpaired) electrons. The number of aromatic nitrogens is 2. The van der Waals surface area contributed by atoms with Crippen LogP contribution >= 0.6 is 0 Å². The number of aryl methyl sites for hydroxylation is 1. The van der Waals surface area contributed by atoms with Gasteiger partial charge in [-0.15, -0.1) is 0 Å². The van der Waals surface area contributed by atoms with Gasteiger partial charge in [0.2, 0.25) is 0 Å². The smallest absolute Gasteiger partial charge is 0.330 e. The van der Waals surface area contributed by atoms with Gasteiger partial charge in [-0.25, -0.2) is 4.79 Å². The third kappa shape index (κ3) is 3.68. The van der Waals surface area contributed by atoms with E-state index >= 15 is 0 Å². The van der Waals surface area contributed by atoms with Gasteiger partial charge >= 0.3 is 5.69 Å². The second kappa shape index (κ2) is 8.40. The third-order valence-corrected chi connectivity index (χ3v) is 5.40. The summed E-state index contributed by atoms with van der Waals surface area (Å²) in [5.41, 5.74) is -0.885. The molecule has 0 aliphatic carbocycles. The van der Waals surface area contributed by atoms with Gasteiger partial charge in [-0.2, -0.15) is 0 Å². The molecule has 8 heteroatoms. The Labute approximate surface area is 162 Å². The SMILES string of the molecule is CCC1(CO)O[C@@H](n2cc(C)c(=O)[nH]c2=O)C(CO)C1OCc1ccccc1. The van der Waals surface area contributed by atoms with Crippen molar-refractivity contribution >= 4 is 0 Å². The molecule has 3 N–H and O–H groups in total. The molecule has 4 atom stereocenters. The first kappa shape index (κ1) is 20.5. The molecular weight excluding hydrogens is 364 g/mol. The Bertz CT molecular complexity index is 903. The molecule has 0 saturated carbocycles. The summed E-state index contributed by atoms with van der Waals surface area (Å²) in [6.07, 6.45) is 0.316. The first-order valence-electron chi connectivity index (χ1n) is 9.33. The first-order valence-corrected chi connectivity index (χ1v) is 9.33. The van der Waals surface area contributed by atoms with Crippen LogP contribution in [0, 0.1) is 12.8 Å². The largest absolute Gasteiger partial charge is 0.396 e. The van der Waals surface area contributed by atoms with Crippen molar-refractivity contribution in [3.8, 4) is 0 Å². The van der Waals surface area contributed by atoms with Crippen LogP contribution in [0.25, 0.3) is 0 Å². The number of hydrogen-bond acceptors (Lipinski definition) is 6. The van der Waals surface area contributed by atoms with E-state index in [2.05, 4.69) is 4.98 Å². The van der Waals surface area contributed by atoms with Gasteiger partial charge in [-0.05, 0) is 18.9 Å². The van der Waals surface area contributed by atoms with E-state index in [0.717, 1.165) is 5.56 Å². The predicted octanol–water partition coefficient (Wildman–Crippen LogP) is 0.709. The van der Waals surface area contributed by atoms with E-state index in [-0.39, 0.29) is 19.8 Å². The van der Waals surface area contributed by atoms with Crippen molar-refractivity contribution in [3.63, 3.8) is 0 Å². The van der Waals surface area contributed by atoms with Gasteiger partial charge in [0, 0.05) is 11.8 Å². The summed E-state index contributed by atoms with van der Waals surface area (Å²) in [6, 6.07) is 9.55. The van der Waals surface area contributed by atoms with Crippen LogP contribution in [0.3, 0.4) is 0 Å². The molecule has 1 fully saturated rings. The van der Waals surface area contributed by atoms with Gasteiger partial charge in [-0.3, -0.25) is 14.3 Å². The topological polar surface area (TPSA) is 114 Å². The number of nitrogens with one attached hydrogen (secondary N) is 1. The lowest BCUT2D eigenvalue weighted by Crippen LogP contribution is -2.46. The summed E-state index contributed by atoms with van der Waals surface area (Å²) in [6.45, 7) is 3.08. The first-order chi connectivity index (χ1) is 13.5. The minimum Gasteiger partial charge on any atom is -0.396 e. The van der Waals surface area contributed by atoms with Crippen molar-refractivity contribution in [3.05, 3.63) is 68.5 Å². The fraction of sp³-hybridized carbons (Fsp3) is 0.500. The number of aromatic amines is 1. The predicted molar refractivity (Wildman–Crippen MR) is 102 cm³/mol. The maximum atomic E-state index is 12.4. The van der Waals surface area contributed by atoms with E-state index < -0.39 is 35.1 Å². The van der Waals surface area contributed by atoms with Gasteiger partial charge in [0.25, 0.3) is 5.56 Å². The summed E-state index contributed by atoms with van der Waals surface area (Å²) in [7, 11) is 0. The molecule has 152 valence electrons. The Balaban J connectivity index is 1.96. The minimum absolute atomic E-state index is 0.277. The maximum absolute atomic E-state index is 12.4. The highest BCUT2D eigenvalue weighted by molar-refractivity contribution is 5.14. The Kier molecular flexibility index (Phi) is 6.14. The number of ether oxygens (including phenoxy) is 2. The van der Waals surface area contributed by atoms with Crippen molar-refractivity contribution in [2.45, 2.75) is 44.8 Å². The molecule has 1 aromatic heterocycles. The van der Waals surface area contributed by atoms with Crippen molar-refractivity contribution in [1.29, 1.82) is 0 Å². The highest BCUT2D eigenvalue weighted by Gasteiger charge is 2.55. The summed E-state index contributed by atoms with van der Waals surface area (Å²) >= 11 is 0. The number of hydrogen-bond donors (Lipinski definition) is 3. The van der Waals surface area contributed by atoms with Crippen LogP contribution in [0.5, 0.6) is 0 Å². The molecule has 0 spiro atoms. The number of benzene rings is 1. The average Bonchev–Trinajstić information content (AvgIpc) is 3.03. The highest BCUT2D eigenvalue weighted by atomic mass is 16.6. The van der Waals surface area contributed by atoms with Gasteiger partial charge in [0.05, 0.1) is 31.8 Å².